The number of fused-ring (bicyclic) bond motifs is 1. The zero-order valence-electron chi connectivity index (χ0n) is 25.4. The van der Waals surface area contributed by atoms with Crippen LogP contribution in [0.4, 0.5) is 18.9 Å². The van der Waals surface area contributed by atoms with Gasteiger partial charge in [0, 0.05) is 28.9 Å². The topological polar surface area (TPSA) is 96.7 Å². The summed E-state index contributed by atoms with van der Waals surface area (Å²) in [6.07, 6.45) is -3.00. The van der Waals surface area contributed by atoms with Crippen LogP contribution in [-0.4, -0.2) is 59.0 Å². The van der Waals surface area contributed by atoms with Gasteiger partial charge in [0.05, 0.1) is 12.8 Å². The Morgan fingerprint density at radius 3 is 2.43 bits per heavy atom. The Morgan fingerprint density at radius 2 is 1.76 bits per heavy atom. The number of nitrogens with one attached hydrogen (secondary N) is 1. The van der Waals surface area contributed by atoms with Crippen LogP contribution >= 0.6 is 11.6 Å². The molecule has 13 heteroatoms. The number of nitrogens with zero attached hydrogens (tertiary/aromatic N) is 3. The quantitative estimate of drug-likeness (QED) is 0.240. The van der Waals surface area contributed by atoms with Gasteiger partial charge in [0.25, 0.3) is 5.91 Å². The normalized spacial score (nSPS) is 24.8. The highest BCUT2D eigenvalue weighted by Gasteiger charge is 2.53. The van der Waals surface area contributed by atoms with E-state index >= 15 is 0 Å². The van der Waals surface area contributed by atoms with Gasteiger partial charge in [-0.3, -0.25) is 4.79 Å². The fourth-order valence-electron chi connectivity index (χ4n) is 5.89. The molecule has 2 aliphatic heterocycles. The molecule has 6 unspecified atom stereocenters. The minimum Gasteiger partial charge on any atom is -0.376 e. The van der Waals surface area contributed by atoms with Gasteiger partial charge in [-0.05, 0) is 35.2 Å². The summed E-state index contributed by atoms with van der Waals surface area (Å²) in [4.78, 5) is 14.0. The van der Waals surface area contributed by atoms with Crippen molar-refractivity contribution in [2.45, 2.75) is 62.9 Å². The summed E-state index contributed by atoms with van der Waals surface area (Å²) < 4.78 is 68.0. The van der Waals surface area contributed by atoms with E-state index in [0.29, 0.717) is 10.7 Å². The second-order valence-corrected chi connectivity index (χ2v) is 12.7. The fraction of sp³-hybridized carbons (Fsp3) is 0.364. The van der Waals surface area contributed by atoms with Crippen molar-refractivity contribution in [1.29, 1.82) is 0 Å². The van der Waals surface area contributed by atoms with Crippen LogP contribution in [0.1, 0.15) is 44.2 Å². The number of hydrogen-bond donors (Lipinski definition) is 1. The molecule has 3 aromatic carbocycles. The van der Waals surface area contributed by atoms with E-state index in [1.165, 1.54) is 18.0 Å². The number of carbonyl (C=O) groups excluding carboxylic acids is 1. The first-order valence-electron chi connectivity index (χ1n) is 14.6. The summed E-state index contributed by atoms with van der Waals surface area (Å²) in [7, 11) is 1.43. The van der Waals surface area contributed by atoms with Crippen molar-refractivity contribution in [2.75, 3.05) is 19.0 Å². The van der Waals surface area contributed by atoms with Gasteiger partial charge in [-0.1, -0.05) is 74.0 Å². The molecule has 1 amide bonds. The number of carbonyl (C=O) groups is 1. The van der Waals surface area contributed by atoms with Gasteiger partial charge in [-0.15, -0.1) is 5.10 Å². The molecule has 3 heterocycles. The predicted octanol–water partition coefficient (Wildman–Crippen LogP) is 6.39. The molecule has 2 fully saturated rings. The summed E-state index contributed by atoms with van der Waals surface area (Å²) in [5.41, 5.74) is 1.87. The lowest BCUT2D eigenvalue weighted by molar-refractivity contribution is -0.314. The monoisotopic (exact) mass is 656 g/mol. The number of hydrogen-bond acceptors (Lipinski definition) is 7. The Balaban J connectivity index is 1.37. The van der Waals surface area contributed by atoms with Crippen molar-refractivity contribution < 1.29 is 36.9 Å². The van der Waals surface area contributed by atoms with Gasteiger partial charge in [-0.25, -0.2) is 17.9 Å². The van der Waals surface area contributed by atoms with Crippen LogP contribution in [0.25, 0.3) is 11.3 Å². The third kappa shape index (κ3) is 6.27. The molecule has 1 aromatic heterocycles. The maximum atomic E-state index is 14.1. The average Bonchev–Trinajstić information content (AvgIpc) is 3.52. The summed E-state index contributed by atoms with van der Waals surface area (Å²) in [5.74, 6) is -4.82. The largest absolute Gasteiger partial charge is 0.376 e. The zero-order chi connectivity index (χ0) is 32.7. The molecule has 2 saturated heterocycles. The van der Waals surface area contributed by atoms with Gasteiger partial charge in [0.2, 0.25) is 0 Å². The van der Waals surface area contributed by atoms with Gasteiger partial charge >= 0.3 is 0 Å². The minimum atomic E-state index is -1.59. The third-order valence-corrected chi connectivity index (χ3v) is 8.33. The molecule has 0 bridgehead atoms. The van der Waals surface area contributed by atoms with Crippen LogP contribution in [0.2, 0.25) is 5.02 Å². The molecule has 6 atom stereocenters. The number of methoxy groups -OCH3 is 1. The van der Waals surface area contributed by atoms with Gasteiger partial charge in [-0.2, -0.15) is 0 Å². The first kappa shape index (κ1) is 32.1. The first-order chi connectivity index (χ1) is 21.9. The van der Waals surface area contributed by atoms with Crippen LogP contribution in [-0.2, 0) is 29.2 Å². The lowest BCUT2D eigenvalue weighted by Gasteiger charge is -2.48. The number of anilines is 1. The smallest absolute Gasteiger partial charge is 0.256 e. The molecule has 242 valence electrons. The molecule has 6 rings (SSSR count). The number of halogens is 4. The molecular weight excluding hydrogens is 625 g/mol. The van der Waals surface area contributed by atoms with E-state index in [1.807, 2.05) is 57.2 Å². The summed E-state index contributed by atoms with van der Waals surface area (Å²) in [6, 6.07) is 15.4. The minimum absolute atomic E-state index is 0.0276. The molecule has 46 heavy (non-hydrogen) atoms. The Kier molecular flexibility index (Phi) is 8.92. The van der Waals surface area contributed by atoms with Crippen molar-refractivity contribution in [1.82, 2.24) is 15.0 Å². The predicted molar refractivity (Wildman–Crippen MR) is 163 cm³/mol. The van der Waals surface area contributed by atoms with Gasteiger partial charge in [0.15, 0.2) is 29.8 Å². The maximum absolute atomic E-state index is 14.1. The lowest BCUT2D eigenvalue weighted by atomic mass is 9.85. The van der Waals surface area contributed by atoms with Gasteiger partial charge in [0.1, 0.15) is 30.0 Å². The van der Waals surface area contributed by atoms with E-state index in [-0.39, 0.29) is 23.3 Å². The second-order valence-electron chi connectivity index (χ2n) is 12.2. The fourth-order valence-corrected chi connectivity index (χ4v) is 6.06. The van der Waals surface area contributed by atoms with Crippen molar-refractivity contribution in [3.63, 3.8) is 0 Å². The number of rotatable bonds is 6. The zero-order valence-corrected chi connectivity index (χ0v) is 26.2. The van der Waals surface area contributed by atoms with Gasteiger partial charge < -0.3 is 24.3 Å². The molecule has 4 aromatic rings. The SMILES string of the molecule is COC1C(C(=O)Nc2cc(Cl)ccc2C(C)(C)C)OC2COC(c3ccccc3)OC2C1n1cc(-c2cc(F)c(F)c(F)c2)nn1. The number of aromatic nitrogens is 3. The summed E-state index contributed by atoms with van der Waals surface area (Å²) in [5, 5.41) is 11.8. The standard InChI is InChI=1S/C33H32ClF3N4O5/c1-33(2,3)20-11-10-19(34)14-23(20)38-31(42)30-29(43-4)27(28-25(45-30)16-44-32(46-28)17-8-6-5-7-9-17)41-15-24(39-40-41)18-12-21(35)26(37)22(36)13-18/h5-15,25,27-30,32H,16H2,1-4H3,(H,38,42). The molecular formula is C33H32ClF3N4O5. The molecule has 9 nitrogen and oxygen atoms in total. The molecule has 2 aliphatic rings. The van der Waals surface area contributed by atoms with Crippen molar-refractivity contribution in [2.24, 2.45) is 0 Å². The summed E-state index contributed by atoms with van der Waals surface area (Å²) >= 11 is 6.31. The first-order valence-corrected chi connectivity index (χ1v) is 15.0. The van der Waals surface area contributed by atoms with Crippen LogP contribution in [0.5, 0.6) is 0 Å². The van der Waals surface area contributed by atoms with Crippen LogP contribution in [0, 0.1) is 17.5 Å². The highest BCUT2D eigenvalue weighted by Crippen LogP contribution is 2.41. The van der Waals surface area contributed by atoms with E-state index in [9.17, 15) is 18.0 Å². The van der Waals surface area contributed by atoms with Crippen molar-refractivity contribution in [3.8, 4) is 11.3 Å². The lowest BCUT2D eigenvalue weighted by Crippen LogP contribution is -2.62. The van der Waals surface area contributed by atoms with Crippen LogP contribution < -0.4 is 5.32 Å². The van der Waals surface area contributed by atoms with E-state index in [0.717, 1.165) is 23.3 Å². The number of amides is 1. The maximum Gasteiger partial charge on any atom is 0.256 e. The van der Waals surface area contributed by atoms with Crippen molar-refractivity contribution >= 4 is 23.2 Å². The van der Waals surface area contributed by atoms with Crippen molar-refractivity contribution in [3.05, 3.63) is 100 Å². The molecule has 0 saturated carbocycles. The average molecular weight is 657 g/mol. The molecule has 0 radical (unpaired) electrons. The van der Waals surface area contributed by atoms with E-state index in [1.54, 1.807) is 12.1 Å². The Hall–Kier alpha value is -3.81. The molecule has 0 spiro atoms. The Morgan fingerprint density at radius 1 is 1.04 bits per heavy atom. The molecule has 1 N–H and O–H groups in total. The molecule has 0 aliphatic carbocycles. The highest BCUT2D eigenvalue weighted by molar-refractivity contribution is 6.31. The highest BCUT2D eigenvalue weighted by atomic mass is 35.5. The second kappa shape index (κ2) is 12.8. The Labute approximate surface area is 268 Å². The van der Waals surface area contributed by atoms with E-state index in [4.69, 9.17) is 30.5 Å². The van der Waals surface area contributed by atoms with Crippen LogP contribution in [0.3, 0.4) is 0 Å². The van der Waals surface area contributed by atoms with E-state index < -0.39 is 60.1 Å². The number of benzene rings is 3. The third-order valence-electron chi connectivity index (χ3n) is 8.10. The Bertz CT molecular complexity index is 1710. The van der Waals surface area contributed by atoms with E-state index in [2.05, 4.69) is 15.6 Å². The summed E-state index contributed by atoms with van der Waals surface area (Å²) in [6.45, 7) is 6.12. The number of ether oxygens (including phenoxy) is 4. The van der Waals surface area contributed by atoms with Crippen LogP contribution in [0.15, 0.2) is 66.9 Å².